The topological polar surface area (TPSA) is 33.0 Å². The highest BCUT2D eigenvalue weighted by atomic mass is 16.5. The molecule has 0 radical (unpaired) electrons. The highest BCUT2D eigenvalue weighted by Gasteiger charge is 2.21. The van der Waals surface area contributed by atoms with E-state index in [1.807, 2.05) is 12.1 Å². The van der Waals surface area contributed by atoms with Gasteiger partial charge in [-0.25, -0.2) is 0 Å². The lowest BCUT2D eigenvalue weighted by Crippen LogP contribution is -2.13. The smallest absolute Gasteiger partial charge is 0.0991 e. The SMILES string of the molecule is C/C=C/CCCCCOCCCCC1CCC(c2ccc(C#N)cc2)CC1. The lowest BCUT2D eigenvalue weighted by molar-refractivity contribution is 0.124. The zero-order chi connectivity index (χ0) is 19.2. The minimum absolute atomic E-state index is 0.699. The Morgan fingerprint density at radius 2 is 1.67 bits per heavy atom. The van der Waals surface area contributed by atoms with Crippen molar-refractivity contribution in [1.29, 1.82) is 5.26 Å². The van der Waals surface area contributed by atoms with Crippen LogP contribution in [0.2, 0.25) is 0 Å². The summed E-state index contributed by atoms with van der Waals surface area (Å²) >= 11 is 0. The molecule has 0 saturated heterocycles. The molecule has 1 fully saturated rings. The standard InChI is InChI=1S/C25H37NO/c1-2-3-4-5-6-8-19-27-20-9-7-10-22-11-15-24(16-12-22)25-17-13-23(21-26)14-18-25/h2-3,13-14,17-18,22,24H,4-12,15-16,19-20H2,1H3/b3-2+. The summed E-state index contributed by atoms with van der Waals surface area (Å²) < 4.78 is 5.78. The van der Waals surface area contributed by atoms with Crippen LogP contribution in [-0.4, -0.2) is 13.2 Å². The summed E-state index contributed by atoms with van der Waals surface area (Å²) in [5.41, 5.74) is 2.19. The number of benzene rings is 1. The van der Waals surface area contributed by atoms with Gasteiger partial charge in [0.05, 0.1) is 11.6 Å². The van der Waals surface area contributed by atoms with E-state index in [4.69, 9.17) is 10.00 Å². The van der Waals surface area contributed by atoms with Crippen LogP contribution in [0.3, 0.4) is 0 Å². The highest BCUT2D eigenvalue weighted by Crippen LogP contribution is 2.37. The summed E-state index contributed by atoms with van der Waals surface area (Å²) in [6.07, 6.45) is 18.6. The van der Waals surface area contributed by atoms with E-state index >= 15 is 0 Å². The summed E-state index contributed by atoms with van der Waals surface area (Å²) in [5.74, 6) is 1.61. The van der Waals surface area contributed by atoms with Crippen LogP contribution >= 0.6 is 0 Å². The van der Waals surface area contributed by atoms with Crippen LogP contribution in [0.25, 0.3) is 0 Å². The number of rotatable bonds is 12. The van der Waals surface area contributed by atoms with Gasteiger partial charge in [0, 0.05) is 13.2 Å². The molecule has 0 aromatic heterocycles. The number of hydrogen-bond donors (Lipinski definition) is 0. The molecule has 1 saturated carbocycles. The molecule has 0 unspecified atom stereocenters. The van der Waals surface area contributed by atoms with E-state index in [1.165, 1.54) is 76.2 Å². The summed E-state index contributed by atoms with van der Waals surface area (Å²) in [6, 6.07) is 10.4. The number of allylic oxidation sites excluding steroid dienone is 2. The minimum Gasteiger partial charge on any atom is -0.381 e. The third-order valence-electron chi connectivity index (χ3n) is 5.90. The largest absolute Gasteiger partial charge is 0.381 e. The van der Waals surface area contributed by atoms with Crippen molar-refractivity contribution in [2.45, 2.75) is 83.5 Å². The fourth-order valence-electron chi connectivity index (χ4n) is 4.16. The fraction of sp³-hybridized carbons (Fsp3) is 0.640. The molecule has 0 atom stereocenters. The van der Waals surface area contributed by atoms with Gasteiger partial charge >= 0.3 is 0 Å². The summed E-state index contributed by atoms with van der Waals surface area (Å²) in [5, 5.41) is 8.92. The van der Waals surface area contributed by atoms with Gasteiger partial charge in [-0.15, -0.1) is 0 Å². The van der Waals surface area contributed by atoms with E-state index in [9.17, 15) is 0 Å². The van der Waals surface area contributed by atoms with Gasteiger partial charge < -0.3 is 4.74 Å². The normalized spacial score (nSPS) is 20.0. The summed E-state index contributed by atoms with van der Waals surface area (Å²) in [7, 11) is 0. The van der Waals surface area contributed by atoms with Crippen molar-refractivity contribution >= 4 is 0 Å². The van der Waals surface area contributed by atoms with Crippen molar-refractivity contribution in [3.05, 3.63) is 47.5 Å². The molecular formula is C25H37NO. The molecule has 1 aromatic carbocycles. The molecule has 1 aliphatic rings. The van der Waals surface area contributed by atoms with Crippen LogP contribution in [-0.2, 0) is 4.74 Å². The maximum absolute atomic E-state index is 8.92. The van der Waals surface area contributed by atoms with Crippen LogP contribution in [0.4, 0.5) is 0 Å². The van der Waals surface area contributed by atoms with Crippen LogP contribution in [0, 0.1) is 17.2 Å². The van der Waals surface area contributed by atoms with Crippen LogP contribution in [0.1, 0.15) is 94.6 Å². The van der Waals surface area contributed by atoms with Crippen LogP contribution < -0.4 is 0 Å². The number of hydrogen-bond acceptors (Lipinski definition) is 2. The molecule has 0 bridgehead atoms. The second kappa shape index (κ2) is 13.6. The molecule has 148 valence electrons. The maximum Gasteiger partial charge on any atom is 0.0991 e. The lowest BCUT2D eigenvalue weighted by Gasteiger charge is -2.29. The van der Waals surface area contributed by atoms with Crippen molar-refractivity contribution in [2.75, 3.05) is 13.2 Å². The Kier molecular flexibility index (Phi) is 10.9. The molecule has 0 amide bonds. The Hall–Kier alpha value is -1.59. The van der Waals surface area contributed by atoms with Crippen molar-refractivity contribution < 1.29 is 4.74 Å². The number of nitrogens with zero attached hydrogens (tertiary/aromatic N) is 1. The van der Waals surface area contributed by atoms with E-state index in [0.717, 1.165) is 24.7 Å². The first-order valence-electron chi connectivity index (χ1n) is 11.0. The van der Waals surface area contributed by atoms with E-state index in [1.54, 1.807) is 0 Å². The van der Waals surface area contributed by atoms with Crippen molar-refractivity contribution in [2.24, 2.45) is 5.92 Å². The molecule has 2 nitrogen and oxygen atoms in total. The Morgan fingerprint density at radius 3 is 2.33 bits per heavy atom. The van der Waals surface area contributed by atoms with Gasteiger partial charge in [0.15, 0.2) is 0 Å². The first-order chi connectivity index (χ1) is 13.3. The van der Waals surface area contributed by atoms with Gasteiger partial charge in [-0.1, -0.05) is 43.5 Å². The average molecular weight is 368 g/mol. The van der Waals surface area contributed by atoms with Crippen LogP contribution in [0.5, 0.6) is 0 Å². The highest BCUT2D eigenvalue weighted by molar-refractivity contribution is 5.33. The first-order valence-corrected chi connectivity index (χ1v) is 11.0. The Balaban J connectivity index is 1.46. The van der Waals surface area contributed by atoms with Gasteiger partial charge in [-0.3, -0.25) is 0 Å². The zero-order valence-corrected chi connectivity index (χ0v) is 17.2. The number of unbranched alkanes of at least 4 members (excludes halogenated alkanes) is 4. The molecule has 0 spiro atoms. The second-order valence-electron chi connectivity index (χ2n) is 7.98. The fourth-order valence-corrected chi connectivity index (χ4v) is 4.16. The molecular weight excluding hydrogens is 330 g/mol. The van der Waals surface area contributed by atoms with E-state index < -0.39 is 0 Å². The molecule has 0 aliphatic heterocycles. The molecule has 1 aromatic rings. The second-order valence-corrected chi connectivity index (χ2v) is 7.98. The van der Waals surface area contributed by atoms with Crippen molar-refractivity contribution in [1.82, 2.24) is 0 Å². The third-order valence-corrected chi connectivity index (χ3v) is 5.90. The van der Waals surface area contributed by atoms with Gasteiger partial charge in [0.2, 0.25) is 0 Å². The average Bonchev–Trinajstić information content (AvgIpc) is 2.72. The van der Waals surface area contributed by atoms with E-state index in [0.29, 0.717) is 5.92 Å². The predicted molar refractivity (Wildman–Crippen MR) is 114 cm³/mol. The number of ether oxygens (including phenoxy) is 1. The van der Waals surface area contributed by atoms with Gasteiger partial charge in [0.1, 0.15) is 0 Å². The Labute approximate surface area is 166 Å². The Bertz CT molecular complexity index is 561. The van der Waals surface area contributed by atoms with E-state index in [2.05, 4.69) is 37.3 Å². The first kappa shape index (κ1) is 21.7. The van der Waals surface area contributed by atoms with Crippen molar-refractivity contribution in [3.63, 3.8) is 0 Å². The molecule has 2 rings (SSSR count). The molecule has 0 heterocycles. The predicted octanol–water partition coefficient (Wildman–Crippen LogP) is 7.16. The maximum atomic E-state index is 8.92. The number of nitriles is 1. The monoisotopic (exact) mass is 367 g/mol. The van der Waals surface area contributed by atoms with Gasteiger partial charge in [-0.2, -0.15) is 5.26 Å². The molecule has 27 heavy (non-hydrogen) atoms. The quantitative estimate of drug-likeness (QED) is 0.290. The van der Waals surface area contributed by atoms with Gasteiger partial charge in [-0.05, 0) is 87.8 Å². The molecule has 2 heteroatoms. The minimum atomic E-state index is 0.699. The summed E-state index contributed by atoms with van der Waals surface area (Å²) in [4.78, 5) is 0. The van der Waals surface area contributed by atoms with E-state index in [-0.39, 0.29) is 0 Å². The zero-order valence-electron chi connectivity index (χ0n) is 17.2. The third kappa shape index (κ3) is 8.76. The van der Waals surface area contributed by atoms with Crippen molar-refractivity contribution in [3.8, 4) is 6.07 Å². The molecule has 1 aliphatic carbocycles. The lowest BCUT2D eigenvalue weighted by atomic mass is 9.77. The summed E-state index contributed by atoms with van der Waals surface area (Å²) in [6.45, 7) is 3.96. The Morgan fingerprint density at radius 1 is 0.963 bits per heavy atom. The molecule has 0 N–H and O–H groups in total. The van der Waals surface area contributed by atoms with Gasteiger partial charge in [0.25, 0.3) is 0 Å². The van der Waals surface area contributed by atoms with Crippen LogP contribution in [0.15, 0.2) is 36.4 Å².